The van der Waals surface area contributed by atoms with Gasteiger partial charge in [0.2, 0.25) is 0 Å². The molecular formula is C28H36N2O11. The highest BCUT2D eigenvalue weighted by Crippen LogP contribution is 2.14. The Hall–Kier alpha value is -3.56. The molecule has 0 fully saturated rings. The first-order valence-electron chi connectivity index (χ1n) is 13.0. The lowest BCUT2D eigenvalue weighted by Gasteiger charge is -2.07. The van der Waals surface area contributed by atoms with Gasteiger partial charge in [0.25, 0.3) is 23.6 Å². The lowest BCUT2D eigenvalue weighted by atomic mass is 10.1. The Bertz CT molecular complexity index is 958. The molecule has 0 atom stereocenters. The molecule has 0 bridgehead atoms. The lowest BCUT2D eigenvalue weighted by Crippen LogP contribution is -2.19. The molecule has 13 nitrogen and oxygen atoms in total. The predicted molar refractivity (Wildman–Crippen MR) is 145 cm³/mol. The molecule has 2 heterocycles. The third-order valence-corrected chi connectivity index (χ3v) is 5.25. The van der Waals surface area contributed by atoms with E-state index in [9.17, 15) is 19.2 Å². The molecule has 41 heavy (non-hydrogen) atoms. The Morgan fingerprint density at radius 2 is 0.634 bits per heavy atom. The van der Waals surface area contributed by atoms with E-state index < -0.39 is 0 Å². The quantitative estimate of drug-likeness (QED) is 0.158. The number of benzene rings is 2. The molecule has 2 aliphatic heterocycles. The van der Waals surface area contributed by atoms with E-state index in [0.717, 1.165) is 0 Å². The monoisotopic (exact) mass is 576 g/mol. The van der Waals surface area contributed by atoms with E-state index in [2.05, 4.69) is 10.6 Å². The number of amides is 4. The first-order valence-corrected chi connectivity index (χ1v) is 13.0. The van der Waals surface area contributed by atoms with E-state index >= 15 is 0 Å². The first kappa shape index (κ1) is 33.6. The van der Waals surface area contributed by atoms with Crippen LogP contribution in [0.1, 0.15) is 41.4 Å². The van der Waals surface area contributed by atoms with Crippen LogP contribution in [-0.4, -0.2) is 113 Å². The maximum absolute atomic E-state index is 10.9. The third-order valence-electron chi connectivity index (χ3n) is 5.25. The zero-order valence-electron chi connectivity index (χ0n) is 22.7. The van der Waals surface area contributed by atoms with Crippen molar-refractivity contribution >= 4 is 23.6 Å². The van der Waals surface area contributed by atoms with Crippen LogP contribution in [-0.2, 0) is 23.7 Å². The molecule has 0 saturated carbocycles. The van der Waals surface area contributed by atoms with Crippen LogP contribution in [0.5, 0.6) is 0 Å². The van der Waals surface area contributed by atoms with Crippen molar-refractivity contribution in [3.63, 3.8) is 0 Å². The van der Waals surface area contributed by atoms with Crippen molar-refractivity contribution in [1.82, 2.24) is 10.6 Å². The van der Waals surface area contributed by atoms with Crippen LogP contribution in [0.15, 0.2) is 48.5 Å². The summed E-state index contributed by atoms with van der Waals surface area (Å²) in [6.07, 6.45) is 0. The highest BCUT2D eigenvalue weighted by molar-refractivity contribution is 6.22. The smallest absolute Gasteiger partial charge is 0.258 e. The van der Waals surface area contributed by atoms with E-state index in [1.165, 1.54) is 0 Å². The summed E-state index contributed by atoms with van der Waals surface area (Å²) in [6, 6.07) is 13.5. The zero-order chi connectivity index (χ0) is 29.7. The molecule has 2 aliphatic rings. The van der Waals surface area contributed by atoms with Crippen molar-refractivity contribution in [2.75, 3.05) is 79.3 Å². The summed E-state index contributed by atoms with van der Waals surface area (Å²) in [7, 11) is 0. The fourth-order valence-corrected chi connectivity index (χ4v) is 3.34. The van der Waals surface area contributed by atoms with Gasteiger partial charge in [-0.3, -0.25) is 29.8 Å². The number of rotatable bonds is 16. The van der Waals surface area contributed by atoms with Gasteiger partial charge in [-0.25, -0.2) is 0 Å². The largest absolute Gasteiger partial charge is 0.394 e. The van der Waals surface area contributed by atoms with E-state index in [1.807, 2.05) is 0 Å². The van der Waals surface area contributed by atoms with Gasteiger partial charge in [0.1, 0.15) is 0 Å². The fourth-order valence-electron chi connectivity index (χ4n) is 3.34. The van der Waals surface area contributed by atoms with Crippen LogP contribution in [0.2, 0.25) is 0 Å². The first-order chi connectivity index (χ1) is 20.0. The molecule has 0 spiro atoms. The highest BCUT2D eigenvalue weighted by Gasteiger charge is 2.25. The van der Waals surface area contributed by atoms with Gasteiger partial charge in [-0.05, 0) is 24.3 Å². The van der Waals surface area contributed by atoms with Crippen LogP contribution in [0, 0.1) is 0 Å². The van der Waals surface area contributed by atoms with Crippen molar-refractivity contribution in [2.45, 2.75) is 0 Å². The number of hydrogen-bond donors (Lipinski definition) is 4. The van der Waals surface area contributed by atoms with Gasteiger partial charge >= 0.3 is 0 Å². The zero-order valence-corrected chi connectivity index (χ0v) is 22.7. The fraction of sp³-hybridized carbons (Fsp3) is 0.429. The van der Waals surface area contributed by atoms with Gasteiger partial charge in [-0.2, -0.15) is 0 Å². The number of nitrogens with one attached hydrogen (secondary N) is 2. The van der Waals surface area contributed by atoms with Crippen LogP contribution in [0.25, 0.3) is 0 Å². The van der Waals surface area contributed by atoms with Crippen molar-refractivity contribution in [2.24, 2.45) is 0 Å². The van der Waals surface area contributed by atoms with Gasteiger partial charge in [0, 0.05) is 0 Å². The minimum absolute atomic E-state index is 0.0359. The molecular weight excluding hydrogens is 540 g/mol. The second kappa shape index (κ2) is 20.3. The molecule has 4 rings (SSSR count). The van der Waals surface area contributed by atoms with Crippen molar-refractivity contribution < 1.29 is 53.1 Å². The molecule has 0 saturated heterocycles. The number of ether oxygens (including phenoxy) is 5. The SMILES string of the molecule is O=C1NC(=O)c2ccccc21.O=C1NC(=O)c2ccccc21.OCCOCCOCCOCCOCCOCCO. The second-order valence-electron chi connectivity index (χ2n) is 8.17. The topological polar surface area (TPSA) is 179 Å². The van der Waals surface area contributed by atoms with Gasteiger partial charge in [-0.15, -0.1) is 0 Å². The number of fused-ring (bicyclic) bond motifs is 2. The summed E-state index contributed by atoms with van der Waals surface area (Å²) in [5, 5.41) is 21.3. The number of carbonyl (C=O) groups is 4. The second-order valence-corrected chi connectivity index (χ2v) is 8.17. The molecule has 13 heteroatoms. The van der Waals surface area contributed by atoms with Gasteiger partial charge < -0.3 is 33.9 Å². The Morgan fingerprint density at radius 1 is 0.415 bits per heavy atom. The summed E-state index contributed by atoms with van der Waals surface area (Å²) in [4.78, 5) is 43.8. The number of carbonyl (C=O) groups excluding carboxylic acids is 4. The van der Waals surface area contributed by atoms with Gasteiger partial charge in [0.05, 0.1) is 102 Å². The van der Waals surface area contributed by atoms with Gasteiger partial charge in [-0.1, -0.05) is 24.3 Å². The van der Waals surface area contributed by atoms with Crippen molar-refractivity contribution in [3.05, 3.63) is 70.8 Å². The van der Waals surface area contributed by atoms with Gasteiger partial charge in [0.15, 0.2) is 0 Å². The van der Waals surface area contributed by atoms with E-state index in [-0.39, 0.29) is 36.8 Å². The molecule has 0 aromatic heterocycles. The average Bonchev–Trinajstić information content (AvgIpc) is 3.45. The van der Waals surface area contributed by atoms with Crippen molar-refractivity contribution in [1.29, 1.82) is 0 Å². The third kappa shape index (κ3) is 12.7. The number of aliphatic hydroxyl groups excluding tert-OH is 2. The van der Waals surface area contributed by atoms with E-state index in [4.69, 9.17) is 33.9 Å². The van der Waals surface area contributed by atoms with E-state index in [0.29, 0.717) is 88.3 Å². The number of hydrogen-bond acceptors (Lipinski definition) is 11. The summed E-state index contributed by atoms with van der Waals surface area (Å²) in [5.41, 5.74) is 1.88. The molecule has 0 radical (unpaired) electrons. The van der Waals surface area contributed by atoms with Crippen molar-refractivity contribution in [3.8, 4) is 0 Å². The lowest BCUT2D eigenvalue weighted by molar-refractivity contribution is -0.0151. The summed E-state index contributed by atoms with van der Waals surface area (Å²) in [6.45, 7) is 4.80. The summed E-state index contributed by atoms with van der Waals surface area (Å²) < 4.78 is 25.8. The standard InChI is InChI=1S/C12H26O7.2C8H5NO2/c13-1-3-15-5-7-17-9-11-19-12-10-18-8-6-16-4-2-14;2*10-7-5-3-1-2-4-6(5)8(11)9-7/h13-14H,1-12H2;2*1-4H,(H,9,10,11). The van der Waals surface area contributed by atoms with Crippen LogP contribution in [0.4, 0.5) is 0 Å². The predicted octanol–water partition coefficient (Wildman–Crippen LogP) is 0.194. The molecule has 0 aliphatic carbocycles. The van der Waals surface area contributed by atoms with Crippen LogP contribution in [0.3, 0.4) is 0 Å². The average molecular weight is 577 g/mol. The molecule has 4 N–H and O–H groups in total. The number of imide groups is 2. The minimum atomic E-state index is -0.300. The Kier molecular flexibility index (Phi) is 16.7. The minimum Gasteiger partial charge on any atom is -0.394 e. The molecule has 224 valence electrons. The molecule has 0 unspecified atom stereocenters. The summed E-state index contributed by atoms with van der Waals surface area (Å²) in [5.74, 6) is -1.20. The molecule has 2 aromatic carbocycles. The van der Waals surface area contributed by atoms with Crippen LogP contribution < -0.4 is 10.6 Å². The molecule has 4 amide bonds. The van der Waals surface area contributed by atoms with E-state index in [1.54, 1.807) is 48.5 Å². The van der Waals surface area contributed by atoms with Crippen LogP contribution >= 0.6 is 0 Å². The number of aliphatic hydroxyl groups is 2. The highest BCUT2D eigenvalue weighted by atomic mass is 16.6. The summed E-state index contributed by atoms with van der Waals surface area (Å²) >= 11 is 0. The maximum Gasteiger partial charge on any atom is 0.258 e. The Balaban J connectivity index is 0.000000227. The Labute approximate surface area is 237 Å². The molecule has 2 aromatic rings. The maximum atomic E-state index is 10.9. The normalized spacial score (nSPS) is 12.9. The Morgan fingerprint density at radius 3 is 0.854 bits per heavy atom.